The number of nitrogens with zero attached hydrogens (tertiary/aromatic N) is 1. The van der Waals surface area contributed by atoms with Crippen molar-refractivity contribution in [2.45, 2.75) is 51.4 Å². The fraction of sp³-hybridized carbons (Fsp3) is 1.00. The molecule has 1 aliphatic heterocycles. The molecule has 1 N–H and O–H groups in total. The minimum atomic E-state index is -4.04. The molecule has 0 aromatic heterocycles. The zero-order valence-electron chi connectivity index (χ0n) is 10.8. The summed E-state index contributed by atoms with van der Waals surface area (Å²) in [6.07, 6.45) is -2.18. The van der Waals surface area contributed by atoms with E-state index in [1.165, 1.54) is 0 Å². The molecule has 1 saturated heterocycles. The predicted molar refractivity (Wildman–Crippen MR) is 63.0 cm³/mol. The molecule has 0 aliphatic carbocycles. The Balaban J connectivity index is 2.60. The minimum absolute atomic E-state index is 0.156. The van der Waals surface area contributed by atoms with Gasteiger partial charge in [0.05, 0.1) is 5.92 Å². The molecule has 17 heavy (non-hydrogen) atoms. The Morgan fingerprint density at radius 1 is 1.41 bits per heavy atom. The Labute approximate surface area is 102 Å². The van der Waals surface area contributed by atoms with E-state index in [-0.39, 0.29) is 25.0 Å². The van der Waals surface area contributed by atoms with Crippen LogP contribution in [0.1, 0.15) is 33.1 Å². The Morgan fingerprint density at radius 3 is 2.53 bits per heavy atom. The first-order chi connectivity index (χ1) is 7.90. The minimum Gasteiger partial charge on any atom is -0.315 e. The van der Waals surface area contributed by atoms with Crippen LogP contribution in [0.15, 0.2) is 0 Å². The van der Waals surface area contributed by atoms with E-state index in [0.717, 1.165) is 13.0 Å². The lowest BCUT2D eigenvalue weighted by Gasteiger charge is -2.40. The Hall–Kier alpha value is -0.290. The molecule has 1 heterocycles. The molecule has 0 radical (unpaired) electrons. The first-order valence-electron chi connectivity index (χ1n) is 6.38. The van der Waals surface area contributed by atoms with Crippen LogP contribution in [-0.2, 0) is 0 Å². The number of nitrogens with one attached hydrogen (secondary N) is 1. The first kappa shape index (κ1) is 14.8. The molecule has 1 fully saturated rings. The smallest absolute Gasteiger partial charge is 0.315 e. The van der Waals surface area contributed by atoms with Crippen LogP contribution >= 0.6 is 0 Å². The number of likely N-dealkylation sites (tertiary alicyclic amines) is 1. The lowest BCUT2D eigenvalue weighted by atomic mass is 9.94. The number of likely N-dealkylation sites (N-methyl/N-ethyl adjacent to an activating group) is 1. The van der Waals surface area contributed by atoms with Crippen molar-refractivity contribution in [3.63, 3.8) is 0 Å². The summed E-state index contributed by atoms with van der Waals surface area (Å²) in [7, 11) is 1.87. The van der Waals surface area contributed by atoms with Gasteiger partial charge in [-0.05, 0) is 39.8 Å². The van der Waals surface area contributed by atoms with E-state index in [2.05, 4.69) is 12.2 Å². The molecular formula is C12H23F3N2. The van der Waals surface area contributed by atoms with E-state index in [0.29, 0.717) is 6.42 Å². The molecule has 2 nitrogen and oxygen atoms in total. The van der Waals surface area contributed by atoms with Crippen molar-refractivity contribution in [2.24, 2.45) is 5.92 Å². The van der Waals surface area contributed by atoms with E-state index >= 15 is 0 Å². The lowest BCUT2D eigenvalue weighted by Crippen LogP contribution is -2.52. The fourth-order valence-electron chi connectivity index (χ4n) is 2.68. The highest BCUT2D eigenvalue weighted by Crippen LogP contribution is 2.34. The highest BCUT2D eigenvalue weighted by atomic mass is 19.4. The van der Waals surface area contributed by atoms with Gasteiger partial charge in [0, 0.05) is 18.6 Å². The van der Waals surface area contributed by atoms with E-state index in [1.807, 2.05) is 18.9 Å². The molecule has 0 saturated carbocycles. The molecule has 3 unspecified atom stereocenters. The number of alkyl halides is 3. The molecule has 3 atom stereocenters. The maximum atomic E-state index is 12.7. The summed E-state index contributed by atoms with van der Waals surface area (Å²) in [6.45, 7) is 5.01. The van der Waals surface area contributed by atoms with Gasteiger partial charge in [-0.3, -0.25) is 4.90 Å². The molecule has 0 spiro atoms. The van der Waals surface area contributed by atoms with Gasteiger partial charge in [0.2, 0.25) is 0 Å². The van der Waals surface area contributed by atoms with E-state index < -0.39 is 12.1 Å². The number of hydrogen-bond acceptors (Lipinski definition) is 2. The van der Waals surface area contributed by atoms with Crippen molar-refractivity contribution in [1.82, 2.24) is 10.2 Å². The third-order valence-corrected chi connectivity index (χ3v) is 3.88. The standard InChI is InChI=1S/C12H23F3N2/c1-4-11(16-3)9(2)17-7-5-6-10(8-17)12(13,14)15/h9-11,16H,4-8H2,1-3H3. The average molecular weight is 252 g/mol. The molecule has 0 aromatic carbocycles. The van der Waals surface area contributed by atoms with Crippen LogP contribution in [0.3, 0.4) is 0 Å². The second kappa shape index (κ2) is 6.05. The molecule has 5 heteroatoms. The maximum absolute atomic E-state index is 12.7. The average Bonchev–Trinajstić information content (AvgIpc) is 2.29. The monoisotopic (exact) mass is 252 g/mol. The third-order valence-electron chi connectivity index (χ3n) is 3.88. The van der Waals surface area contributed by atoms with Crippen LogP contribution in [0.25, 0.3) is 0 Å². The zero-order valence-corrected chi connectivity index (χ0v) is 10.8. The Kier molecular flexibility index (Phi) is 5.25. The van der Waals surface area contributed by atoms with Gasteiger partial charge < -0.3 is 5.32 Å². The summed E-state index contributed by atoms with van der Waals surface area (Å²) < 4.78 is 38.1. The highest BCUT2D eigenvalue weighted by Gasteiger charge is 2.42. The van der Waals surface area contributed by atoms with Gasteiger partial charge in [-0.25, -0.2) is 0 Å². The Morgan fingerprint density at radius 2 is 2.06 bits per heavy atom. The fourth-order valence-corrected chi connectivity index (χ4v) is 2.68. The van der Waals surface area contributed by atoms with Gasteiger partial charge in [-0.1, -0.05) is 6.92 Å². The summed E-state index contributed by atoms with van der Waals surface area (Å²) >= 11 is 0. The molecule has 0 aromatic rings. The number of hydrogen-bond donors (Lipinski definition) is 1. The second-order valence-corrected chi connectivity index (χ2v) is 4.92. The quantitative estimate of drug-likeness (QED) is 0.827. The number of piperidine rings is 1. The maximum Gasteiger partial charge on any atom is 0.393 e. The molecule has 102 valence electrons. The van der Waals surface area contributed by atoms with Crippen molar-refractivity contribution >= 4 is 0 Å². The molecular weight excluding hydrogens is 229 g/mol. The van der Waals surface area contributed by atoms with Crippen LogP contribution in [0.5, 0.6) is 0 Å². The summed E-state index contributed by atoms with van der Waals surface area (Å²) in [6, 6.07) is 0.428. The van der Waals surface area contributed by atoms with Crippen LogP contribution in [0, 0.1) is 5.92 Å². The normalized spacial score (nSPS) is 26.8. The van der Waals surface area contributed by atoms with Gasteiger partial charge in [0.15, 0.2) is 0 Å². The van der Waals surface area contributed by atoms with Crippen molar-refractivity contribution < 1.29 is 13.2 Å². The van der Waals surface area contributed by atoms with Crippen molar-refractivity contribution in [3.8, 4) is 0 Å². The zero-order chi connectivity index (χ0) is 13.1. The SMILES string of the molecule is CCC(NC)C(C)N1CCCC(C(F)(F)F)C1. The van der Waals surface area contributed by atoms with Crippen molar-refractivity contribution in [2.75, 3.05) is 20.1 Å². The molecule has 0 amide bonds. The van der Waals surface area contributed by atoms with E-state index in [9.17, 15) is 13.2 Å². The molecule has 1 aliphatic rings. The lowest BCUT2D eigenvalue weighted by molar-refractivity contribution is -0.188. The van der Waals surface area contributed by atoms with Gasteiger partial charge in [-0.2, -0.15) is 13.2 Å². The van der Waals surface area contributed by atoms with Crippen LogP contribution in [0.4, 0.5) is 13.2 Å². The van der Waals surface area contributed by atoms with Gasteiger partial charge >= 0.3 is 6.18 Å². The first-order valence-corrected chi connectivity index (χ1v) is 6.38. The van der Waals surface area contributed by atoms with Gasteiger partial charge in [0.1, 0.15) is 0 Å². The second-order valence-electron chi connectivity index (χ2n) is 4.92. The summed E-state index contributed by atoms with van der Waals surface area (Å²) in [5, 5.41) is 3.18. The number of rotatable bonds is 4. The summed E-state index contributed by atoms with van der Waals surface area (Å²) in [4.78, 5) is 1.98. The third kappa shape index (κ3) is 3.85. The van der Waals surface area contributed by atoms with Crippen molar-refractivity contribution in [3.05, 3.63) is 0 Å². The largest absolute Gasteiger partial charge is 0.393 e. The van der Waals surface area contributed by atoms with Crippen molar-refractivity contribution in [1.29, 1.82) is 0 Å². The Bertz CT molecular complexity index is 226. The van der Waals surface area contributed by atoms with E-state index in [4.69, 9.17) is 0 Å². The summed E-state index contributed by atoms with van der Waals surface area (Å²) in [5.41, 5.74) is 0. The molecule has 0 bridgehead atoms. The van der Waals surface area contributed by atoms with Crippen LogP contribution in [-0.4, -0.2) is 43.3 Å². The number of halogens is 3. The topological polar surface area (TPSA) is 15.3 Å². The molecule has 1 rings (SSSR count). The van der Waals surface area contributed by atoms with Gasteiger partial charge in [-0.15, -0.1) is 0 Å². The van der Waals surface area contributed by atoms with E-state index in [1.54, 1.807) is 0 Å². The van der Waals surface area contributed by atoms with Crippen LogP contribution < -0.4 is 5.32 Å². The van der Waals surface area contributed by atoms with Gasteiger partial charge in [0.25, 0.3) is 0 Å². The predicted octanol–water partition coefficient (Wildman–Crippen LogP) is 2.65. The van der Waals surface area contributed by atoms with Crippen LogP contribution in [0.2, 0.25) is 0 Å². The highest BCUT2D eigenvalue weighted by molar-refractivity contribution is 4.85. The summed E-state index contributed by atoms with van der Waals surface area (Å²) in [5.74, 6) is -1.15.